The summed E-state index contributed by atoms with van der Waals surface area (Å²) in [7, 11) is 0. The number of fused-ring (bicyclic) bond motifs is 1. The predicted molar refractivity (Wildman–Crippen MR) is 124 cm³/mol. The van der Waals surface area contributed by atoms with Gasteiger partial charge in [0.25, 0.3) is 5.56 Å². The molecule has 1 atom stereocenters. The van der Waals surface area contributed by atoms with Crippen LogP contribution in [0.1, 0.15) is 30.7 Å². The molecule has 1 aliphatic carbocycles. The summed E-state index contributed by atoms with van der Waals surface area (Å²) < 4.78 is 0. The van der Waals surface area contributed by atoms with Crippen LogP contribution in [0.15, 0.2) is 59.4 Å². The third kappa shape index (κ3) is 3.71. The minimum atomic E-state index is -0.211. The number of hydrogen-bond donors (Lipinski definition) is 1. The lowest BCUT2D eigenvalue weighted by Gasteiger charge is -2.30. The SMILES string of the molecule is O=c1[nH]c(C2=CC(N3CC=C(c4ccccc4)CC3)CC2)nc2c(Cl)cc(Cl)cc12. The van der Waals surface area contributed by atoms with Gasteiger partial charge in [0, 0.05) is 24.2 Å². The normalized spacial score (nSPS) is 19.7. The maximum absolute atomic E-state index is 12.6. The molecule has 0 radical (unpaired) electrons. The third-order valence-corrected chi connectivity index (χ3v) is 6.50. The van der Waals surface area contributed by atoms with E-state index in [1.807, 2.05) is 0 Å². The number of benzene rings is 2. The molecule has 2 aliphatic rings. The zero-order valence-corrected chi connectivity index (χ0v) is 17.9. The first-order chi connectivity index (χ1) is 14.6. The van der Waals surface area contributed by atoms with Gasteiger partial charge < -0.3 is 4.98 Å². The van der Waals surface area contributed by atoms with E-state index in [4.69, 9.17) is 23.2 Å². The molecule has 1 N–H and O–H groups in total. The summed E-state index contributed by atoms with van der Waals surface area (Å²) >= 11 is 12.3. The van der Waals surface area contributed by atoms with Crippen molar-refractivity contribution in [2.45, 2.75) is 25.3 Å². The molecule has 1 aromatic heterocycles. The molecule has 0 saturated heterocycles. The highest BCUT2D eigenvalue weighted by Gasteiger charge is 2.26. The standard InChI is InChI=1S/C24H21Cl2N3O/c25-18-13-20-22(21(26)14-18)27-23(28-24(20)30)17-6-7-19(12-17)29-10-8-16(9-11-29)15-4-2-1-3-5-15/h1-5,8,12-14,19H,6-7,9-11H2,(H,27,28,30). The summed E-state index contributed by atoms with van der Waals surface area (Å²) in [6.45, 7) is 1.96. The lowest BCUT2D eigenvalue weighted by Crippen LogP contribution is -2.36. The first-order valence-corrected chi connectivity index (χ1v) is 10.9. The van der Waals surface area contributed by atoms with Gasteiger partial charge in [0.05, 0.1) is 15.9 Å². The smallest absolute Gasteiger partial charge is 0.259 e. The van der Waals surface area contributed by atoms with Crippen molar-refractivity contribution >= 4 is 45.3 Å². The second kappa shape index (κ2) is 8.03. The van der Waals surface area contributed by atoms with E-state index >= 15 is 0 Å². The van der Waals surface area contributed by atoms with Crippen LogP contribution in [-0.2, 0) is 0 Å². The molecule has 0 bridgehead atoms. The number of H-pyrrole nitrogens is 1. The van der Waals surface area contributed by atoms with Gasteiger partial charge in [-0.1, -0.05) is 65.7 Å². The highest BCUT2D eigenvalue weighted by molar-refractivity contribution is 6.38. The molecule has 6 heteroatoms. The monoisotopic (exact) mass is 437 g/mol. The number of aromatic nitrogens is 2. The quantitative estimate of drug-likeness (QED) is 0.582. The van der Waals surface area contributed by atoms with Crippen molar-refractivity contribution in [2.75, 3.05) is 13.1 Å². The molecule has 1 aliphatic heterocycles. The Kier molecular flexibility index (Phi) is 5.23. The molecule has 2 aromatic carbocycles. The number of halogens is 2. The lowest BCUT2D eigenvalue weighted by atomic mass is 9.98. The highest BCUT2D eigenvalue weighted by atomic mass is 35.5. The van der Waals surface area contributed by atoms with E-state index in [-0.39, 0.29) is 5.56 Å². The molecule has 0 fully saturated rings. The summed E-state index contributed by atoms with van der Waals surface area (Å²) in [6.07, 6.45) is 7.54. The molecule has 152 valence electrons. The summed E-state index contributed by atoms with van der Waals surface area (Å²) in [6, 6.07) is 14.2. The van der Waals surface area contributed by atoms with Crippen LogP contribution in [0, 0.1) is 0 Å². The number of aromatic amines is 1. The van der Waals surface area contributed by atoms with Gasteiger partial charge in [0.1, 0.15) is 5.82 Å². The van der Waals surface area contributed by atoms with Crippen LogP contribution in [0.5, 0.6) is 0 Å². The van der Waals surface area contributed by atoms with Crippen LogP contribution in [-0.4, -0.2) is 34.0 Å². The van der Waals surface area contributed by atoms with E-state index in [2.05, 4.69) is 57.4 Å². The summed E-state index contributed by atoms with van der Waals surface area (Å²) in [5.74, 6) is 0.608. The Morgan fingerprint density at radius 3 is 2.67 bits per heavy atom. The minimum Gasteiger partial charge on any atom is -0.306 e. The van der Waals surface area contributed by atoms with Crippen LogP contribution in [0.2, 0.25) is 10.0 Å². The molecular weight excluding hydrogens is 417 g/mol. The van der Waals surface area contributed by atoms with E-state index in [0.717, 1.165) is 37.9 Å². The Labute approximate surface area is 184 Å². The number of allylic oxidation sites excluding steroid dienone is 1. The Balaban J connectivity index is 1.38. The lowest BCUT2D eigenvalue weighted by molar-refractivity contribution is 0.250. The second-order valence-electron chi connectivity index (χ2n) is 7.84. The average molecular weight is 438 g/mol. The summed E-state index contributed by atoms with van der Waals surface area (Å²) in [5.41, 5.74) is 4.09. The number of nitrogens with one attached hydrogen (secondary N) is 1. The van der Waals surface area contributed by atoms with Crippen LogP contribution in [0.4, 0.5) is 0 Å². The molecule has 2 heterocycles. The highest BCUT2D eigenvalue weighted by Crippen LogP contribution is 2.32. The molecule has 0 amide bonds. The molecule has 0 saturated carbocycles. The molecule has 3 aromatic rings. The van der Waals surface area contributed by atoms with Gasteiger partial charge in [-0.2, -0.15) is 0 Å². The number of hydrogen-bond acceptors (Lipinski definition) is 3. The van der Waals surface area contributed by atoms with Gasteiger partial charge in [0.15, 0.2) is 0 Å². The fourth-order valence-electron chi connectivity index (χ4n) is 4.41. The summed E-state index contributed by atoms with van der Waals surface area (Å²) in [4.78, 5) is 22.6. The maximum Gasteiger partial charge on any atom is 0.259 e. The Hall–Kier alpha value is -2.40. The van der Waals surface area contributed by atoms with Crippen molar-refractivity contribution < 1.29 is 0 Å². The fraction of sp³-hybridized carbons (Fsp3) is 0.250. The van der Waals surface area contributed by atoms with Gasteiger partial charge in [-0.25, -0.2) is 4.98 Å². The average Bonchev–Trinajstić information content (AvgIpc) is 3.25. The Morgan fingerprint density at radius 2 is 1.90 bits per heavy atom. The van der Waals surface area contributed by atoms with Gasteiger partial charge in [-0.3, -0.25) is 9.69 Å². The molecule has 1 unspecified atom stereocenters. The van der Waals surface area contributed by atoms with E-state index in [0.29, 0.717) is 32.8 Å². The molecule has 30 heavy (non-hydrogen) atoms. The number of rotatable bonds is 3. The molecular formula is C24H21Cl2N3O. The van der Waals surface area contributed by atoms with Crippen molar-refractivity contribution in [3.8, 4) is 0 Å². The Morgan fingerprint density at radius 1 is 1.07 bits per heavy atom. The molecule has 5 rings (SSSR count). The van der Waals surface area contributed by atoms with Gasteiger partial charge >= 0.3 is 0 Å². The van der Waals surface area contributed by atoms with Gasteiger partial charge in [0.2, 0.25) is 0 Å². The first kappa shape index (κ1) is 19.6. The fourth-order valence-corrected chi connectivity index (χ4v) is 4.94. The zero-order valence-electron chi connectivity index (χ0n) is 16.4. The topological polar surface area (TPSA) is 49.0 Å². The second-order valence-corrected chi connectivity index (χ2v) is 8.68. The van der Waals surface area contributed by atoms with Crippen molar-refractivity contribution in [1.29, 1.82) is 0 Å². The van der Waals surface area contributed by atoms with E-state index in [1.165, 1.54) is 11.1 Å². The first-order valence-electron chi connectivity index (χ1n) is 10.2. The van der Waals surface area contributed by atoms with Crippen LogP contribution in [0.25, 0.3) is 22.0 Å². The minimum absolute atomic E-state index is 0.211. The van der Waals surface area contributed by atoms with Crippen molar-refractivity contribution in [3.05, 3.63) is 86.4 Å². The van der Waals surface area contributed by atoms with Crippen molar-refractivity contribution in [2.24, 2.45) is 0 Å². The largest absolute Gasteiger partial charge is 0.306 e. The number of nitrogens with zero attached hydrogens (tertiary/aromatic N) is 2. The van der Waals surface area contributed by atoms with Crippen LogP contribution >= 0.6 is 23.2 Å². The molecule has 0 spiro atoms. The maximum atomic E-state index is 12.6. The van der Waals surface area contributed by atoms with Crippen molar-refractivity contribution in [1.82, 2.24) is 14.9 Å². The van der Waals surface area contributed by atoms with Crippen LogP contribution in [0.3, 0.4) is 0 Å². The summed E-state index contributed by atoms with van der Waals surface area (Å²) in [5, 5.41) is 1.25. The van der Waals surface area contributed by atoms with Gasteiger partial charge in [-0.05, 0) is 48.1 Å². The van der Waals surface area contributed by atoms with Gasteiger partial charge in [-0.15, -0.1) is 0 Å². The predicted octanol–water partition coefficient (Wildman–Crippen LogP) is 5.57. The Bertz CT molecular complexity index is 1230. The van der Waals surface area contributed by atoms with E-state index in [1.54, 1.807) is 12.1 Å². The van der Waals surface area contributed by atoms with Crippen molar-refractivity contribution in [3.63, 3.8) is 0 Å². The van der Waals surface area contributed by atoms with E-state index < -0.39 is 0 Å². The molecule has 4 nitrogen and oxygen atoms in total. The van der Waals surface area contributed by atoms with Crippen LogP contribution < -0.4 is 5.56 Å². The zero-order chi connectivity index (χ0) is 20.7. The third-order valence-electron chi connectivity index (χ3n) is 5.99. The van der Waals surface area contributed by atoms with E-state index in [9.17, 15) is 4.79 Å².